The number of halogens is 2. The number of aromatic amines is 1. The highest BCUT2D eigenvalue weighted by Crippen LogP contribution is 2.50. The molecule has 2 aromatic rings. The molecule has 0 aromatic carbocycles. The Morgan fingerprint density at radius 1 is 1.13 bits per heavy atom. The van der Waals surface area contributed by atoms with Crippen molar-refractivity contribution in [3.8, 4) is 0 Å². The zero-order valence-electron chi connectivity index (χ0n) is 21.9. The van der Waals surface area contributed by atoms with Gasteiger partial charge in [-0.2, -0.15) is 5.10 Å². The van der Waals surface area contributed by atoms with Crippen LogP contribution in [0.25, 0.3) is 0 Å². The molecule has 0 radical (unpaired) electrons. The fourth-order valence-corrected chi connectivity index (χ4v) is 9.90. The number of H-pyrrole nitrogens is 1. The Bertz CT molecular complexity index is 1340. The Kier molecular flexibility index (Phi) is 8.62. The van der Waals surface area contributed by atoms with E-state index in [9.17, 15) is 19.2 Å². The van der Waals surface area contributed by atoms with Crippen LogP contribution in [0.5, 0.6) is 0 Å². The average molecular weight is 616 g/mol. The third-order valence-corrected chi connectivity index (χ3v) is 11.8. The molecule has 1 aliphatic heterocycles. The van der Waals surface area contributed by atoms with Gasteiger partial charge in [-0.05, 0) is 25.7 Å². The van der Waals surface area contributed by atoms with Crippen LogP contribution in [-0.2, 0) is 14.9 Å². The Labute approximate surface area is 244 Å². The summed E-state index contributed by atoms with van der Waals surface area (Å²) >= 11 is 16.4. The number of carbonyl (C=O) groups is 2. The maximum absolute atomic E-state index is 13.5. The first-order chi connectivity index (χ1) is 18.6. The van der Waals surface area contributed by atoms with Crippen LogP contribution < -0.4 is 11.2 Å². The molecule has 0 bridgehead atoms. The van der Waals surface area contributed by atoms with Gasteiger partial charge >= 0.3 is 11.7 Å². The molecule has 212 valence electrons. The third kappa shape index (κ3) is 5.87. The van der Waals surface area contributed by atoms with Crippen LogP contribution in [0.2, 0.25) is 0 Å². The number of carbonyl (C=O) groups excluding carboxylic acids is 2. The van der Waals surface area contributed by atoms with E-state index in [-0.39, 0.29) is 29.0 Å². The average Bonchev–Trinajstić information content (AvgIpc) is 3.51. The van der Waals surface area contributed by atoms with E-state index in [0.717, 1.165) is 54.3 Å². The lowest BCUT2D eigenvalue weighted by molar-refractivity contribution is -0.137. The number of aromatic nitrogens is 4. The van der Waals surface area contributed by atoms with Crippen LogP contribution in [-0.4, -0.2) is 53.4 Å². The Balaban J connectivity index is 1.43. The van der Waals surface area contributed by atoms with Crippen molar-refractivity contribution in [1.29, 1.82) is 0 Å². The first-order valence-electron chi connectivity index (χ1n) is 13.4. The molecule has 5 rings (SSSR count). The minimum absolute atomic E-state index is 0.129. The van der Waals surface area contributed by atoms with Crippen LogP contribution in [0, 0.1) is 5.92 Å². The largest absolute Gasteiger partial charge is 0.465 e. The van der Waals surface area contributed by atoms with Gasteiger partial charge in [-0.1, -0.05) is 44.9 Å². The van der Waals surface area contributed by atoms with E-state index in [4.69, 9.17) is 32.9 Å². The number of esters is 1. The van der Waals surface area contributed by atoms with Crippen molar-refractivity contribution in [2.45, 2.75) is 98.6 Å². The van der Waals surface area contributed by atoms with Gasteiger partial charge in [0.1, 0.15) is 16.3 Å². The van der Waals surface area contributed by atoms with E-state index < -0.39 is 32.7 Å². The third-order valence-electron chi connectivity index (χ3n) is 8.21. The number of alkyl halides is 2. The molecule has 9 nitrogen and oxygen atoms in total. The van der Waals surface area contributed by atoms with Gasteiger partial charge in [0.25, 0.3) is 5.56 Å². The molecule has 39 heavy (non-hydrogen) atoms. The van der Waals surface area contributed by atoms with Gasteiger partial charge in [-0.25, -0.2) is 14.5 Å². The predicted octanol–water partition coefficient (Wildman–Crippen LogP) is 4.77. The van der Waals surface area contributed by atoms with Crippen molar-refractivity contribution in [3.05, 3.63) is 42.6 Å². The second-order valence-electron chi connectivity index (χ2n) is 11.2. The van der Waals surface area contributed by atoms with E-state index in [1.54, 1.807) is 0 Å². The normalized spacial score (nSPS) is 28.4. The minimum atomic E-state index is -0.582. The molecule has 0 spiro atoms. The molecular formula is C26H32Cl2N4O5S2. The molecule has 3 aliphatic rings. The molecule has 3 atom stereocenters. The Morgan fingerprint density at radius 3 is 2.44 bits per heavy atom. The number of cyclic esters (lactones) is 1. The van der Waals surface area contributed by atoms with Crippen molar-refractivity contribution in [2.24, 2.45) is 5.92 Å². The molecule has 3 heterocycles. The number of ether oxygens (including phenoxy) is 1. The first kappa shape index (κ1) is 28.8. The quantitative estimate of drug-likeness (QED) is 0.364. The number of thiazole rings is 1. The number of hydrogen-bond acceptors (Lipinski definition) is 9. The number of nitrogens with one attached hydrogen (secondary N) is 1. The molecule has 0 amide bonds. The van der Waals surface area contributed by atoms with Gasteiger partial charge in [0.15, 0.2) is 0 Å². The van der Waals surface area contributed by atoms with Crippen molar-refractivity contribution in [3.63, 3.8) is 0 Å². The summed E-state index contributed by atoms with van der Waals surface area (Å²) < 4.78 is 6.32. The highest BCUT2D eigenvalue weighted by atomic mass is 35.5. The molecular weight excluding hydrogens is 583 g/mol. The minimum Gasteiger partial charge on any atom is -0.465 e. The van der Waals surface area contributed by atoms with E-state index in [1.807, 2.05) is 0 Å². The summed E-state index contributed by atoms with van der Waals surface area (Å²) in [5.74, 6) is -0.316. The molecule has 2 aromatic heterocycles. The van der Waals surface area contributed by atoms with Crippen LogP contribution >= 0.6 is 46.3 Å². The SMILES string of the molecule is CC(C)(c1nc(C2CCCCC2)c(C(=O)SC2CCOC2=O)s1)C1C(Cl)CC(n2ncc(=O)[nH]c2=O)CC1Cl. The second-order valence-corrected chi connectivity index (χ2v) is 14.5. The summed E-state index contributed by atoms with van der Waals surface area (Å²) in [6.07, 6.45) is 7.87. The second kappa shape index (κ2) is 11.7. The highest BCUT2D eigenvalue weighted by Gasteiger charge is 2.48. The van der Waals surface area contributed by atoms with Crippen LogP contribution in [0.1, 0.15) is 97.5 Å². The first-order valence-corrected chi connectivity index (χ1v) is 16.0. The van der Waals surface area contributed by atoms with E-state index in [1.165, 1.54) is 22.4 Å². The lowest BCUT2D eigenvalue weighted by Gasteiger charge is -2.44. The van der Waals surface area contributed by atoms with Crippen LogP contribution in [0.15, 0.2) is 15.8 Å². The van der Waals surface area contributed by atoms with E-state index in [2.05, 4.69) is 23.9 Å². The topological polar surface area (TPSA) is 124 Å². The zero-order valence-corrected chi connectivity index (χ0v) is 25.0. The summed E-state index contributed by atoms with van der Waals surface area (Å²) in [4.78, 5) is 57.3. The summed E-state index contributed by atoms with van der Waals surface area (Å²) in [6.45, 7) is 4.47. The molecule has 13 heteroatoms. The number of nitrogens with zero attached hydrogens (tertiary/aromatic N) is 3. The Hall–Kier alpha value is -1.69. The van der Waals surface area contributed by atoms with E-state index in [0.29, 0.717) is 30.7 Å². The molecule has 2 aliphatic carbocycles. The summed E-state index contributed by atoms with van der Waals surface area (Å²) in [5.41, 5.74) is -0.860. The van der Waals surface area contributed by atoms with E-state index >= 15 is 0 Å². The molecule has 2 saturated carbocycles. The number of hydrogen-bond donors (Lipinski definition) is 1. The lowest BCUT2D eigenvalue weighted by Crippen LogP contribution is -2.48. The number of thioether (sulfide) groups is 1. The monoisotopic (exact) mass is 614 g/mol. The maximum Gasteiger partial charge on any atom is 0.345 e. The lowest BCUT2D eigenvalue weighted by atomic mass is 9.69. The molecule has 1 N–H and O–H groups in total. The number of rotatable bonds is 6. The van der Waals surface area contributed by atoms with Crippen molar-refractivity contribution in [2.75, 3.05) is 6.61 Å². The molecule has 1 saturated heterocycles. The standard InChI is InChI=1S/C26H32Cl2N4O5S2/c1-26(2,19-15(27)10-14(11-16(19)28)32-25(36)30-18(33)12-29-32)24-31-20(13-6-4-3-5-7-13)21(39-24)23(35)38-17-8-9-37-22(17)34/h12-17,19H,3-11H2,1-2H3,(H,30,33,36). The molecule has 3 fully saturated rings. The fourth-order valence-electron chi connectivity index (χ4n) is 6.18. The van der Waals surface area contributed by atoms with Gasteiger partial charge in [0.2, 0.25) is 5.12 Å². The summed E-state index contributed by atoms with van der Waals surface area (Å²) in [7, 11) is 0. The van der Waals surface area contributed by atoms with Gasteiger partial charge in [-0.3, -0.25) is 19.4 Å². The van der Waals surface area contributed by atoms with Gasteiger partial charge in [-0.15, -0.1) is 34.5 Å². The summed E-state index contributed by atoms with van der Waals surface area (Å²) in [6, 6.07) is -0.347. The zero-order chi connectivity index (χ0) is 27.9. The van der Waals surface area contributed by atoms with Crippen LogP contribution in [0.4, 0.5) is 0 Å². The molecule has 3 unspecified atom stereocenters. The van der Waals surface area contributed by atoms with Crippen molar-refractivity contribution < 1.29 is 14.3 Å². The fraction of sp³-hybridized carbons (Fsp3) is 0.692. The van der Waals surface area contributed by atoms with Crippen molar-refractivity contribution >= 4 is 57.4 Å². The Morgan fingerprint density at radius 2 is 1.82 bits per heavy atom. The smallest absolute Gasteiger partial charge is 0.345 e. The van der Waals surface area contributed by atoms with Crippen LogP contribution in [0.3, 0.4) is 0 Å². The van der Waals surface area contributed by atoms with Gasteiger partial charge < -0.3 is 4.74 Å². The predicted molar refractivity (Wildman–Crippen MR) is 152 cm³/mol. The van der Waals surface area contributed by atoms with Crippen molar-refractivity contribution in [1.82, 2.24) is 19.7 Å². The summed E-state index contributed by atoms with van der Waals surface area (Å²) in [5, 5.41) is 3.41. The van der Waals surface area contributed by atoms with Gasteiger partial charge in [0, 0.05) is 34.4 Å². The van der Waals surface area contributed by atoms with Gasteiger partial charge in [0.05, 0.1) is 23.4 Å². The maximum atomic E-state index is 13.5. The highest BCUT2D eigenvalue weighted by molar-refractivity contribution is 8.15.